The molecule has 1 aromatic heterocycles. The predicted octanol–water partition coefficient (Wildman–Crippen LogP) is 4.76. The second-order valence-electron chi connectivity index (χ2n) is 10.3. The Morgan fingerprint density at radius 2 is 1.82 bits per heavy atom. The van der Waals surface area contributed by atoms with Crippen molar-refractivity contribution in [1.29, 1.82) is 0 Å². The molecule has 28 heavy (non-hydrogen) atoms. The number of aliphatic hydroxyl groups excluding tert-OH is 2. The number of fused-ring (bicyclic) bond motifs is 5. The highest BCUT2D eigenvalue weighted by atomic mass is 16.3. The molecule has 2 fully saturated rings. The summed E-state index contributed by atoms with van der Waals surface area (Å²) in [6.45, 7) is 7.13. The Kier molecular flexibility index (Phi) is 4.16. The molecule has 2 N–H and O–H groups in total. The summed E-state index contributed by atoms with van der Waals surface area (Å²) in [5.74, 6) is 1.32. The van der Waals surface area contributed by atoms with E-state index in [0.717, 1.165) is 32.1 Å². The predicted molar refractivity (Wildman–Crippen MR) is 111 cm³/mol. The van der Waals surface area contributed by atoms with Crippen molar-refractivity contribution in [1.82, 2.24) is 4.98 Å². The minimum Gasteiger partial charge on any atom is -0.393 e. The molecule has 3 heteroatoms. The molecule has 0 amide bonds. The van der Waals surface area contributed by atoms with Crippen molar-refractivity contribution < 1.29 is 10.2 Å². The SMILES string of the molecule is CC1=C(c2cccnc2)[C@@]2(C)CC[C@H]3[C@@H]([C@@H](O)C=C4C[C@@H](O)CC[C@@]43C)[C@@H]2C1. The fourth-order valence-electron chi connectivity index (χ4n) is 7.65. The Morgan fingerprint density at radius 3 is 2.57 bits per heavy atom. The quantitative estimate of drug-likeness (QED) is 0.692. The molecule has 0 bridgehead atoms. The molecule has 2 saturated carbocycles. The van der Waals surface area contributed by atoms with Crippen LogP contribution in [-0.2, 0) is 0 Å². The molecule has 0 aromatic carbocycles. The van der Waals surface area contributed by atoms with Crippen molar-refractivity contribution in [2.45, 2.75) is 71.5 Å². The van der Waals surface area contributed by atoms with Gasteiger partial charge in [-0.1, -0.05) is 37.1 Å². The topological polar surface area (TPSA) is 53.4 Å². The molecule has 150 valence electrons. The highest BCUT2D eigenvalue weighted by Gasteiger charge is 2.59. The first-order valence-corrected chi connectivity index (χ1v) is 11.0. The molecule has 4 aliphatic rings. The summed E-state index contributed by atoms with van der Waals surface area (Å²) >= 11 is 0. The third-order valence-corrected chi connectivity index (χ3v) is 8.97. The van der Waals surface area contributed by atoms with Gasteiger partial charge in [0.05, 0.1) is 12.2 Å². The fraction of sp³-hybridized carbons (Fsp3) is 0.640. The van der Waals surface area contributed by atoms with Crippen LogP contribution in [0.2, 0.25) is 0 Å². The Labute approximate surface area is 168 Å². The Hall–Kier alpha value is -1.45. The van der Waals surface area contributed by atoms with E-state index in [1.165, 1.54) is 28.7 Å². The second-order valence-corrected chi connectivity index (χ2v) is 10.3. The number of hydrogen-bond donors (Lipinski definition) is 2. The number of allylic oxidation sites excluding steroid dienone is 2. The molecule has 0 unspecified atom stereocenters. The average molecular weight is 380 g/mol. The monoisotopic (exact) mass is 379 g/mol. The van der Waals surface area contributed by atoms with E-state index in [1.54, 1.807) is 0 Å². The van der Waals surface area contributed by atoms with E-state index in [9.17, 15) is 10.2 Å². The van der Waals surface area contributed by atoms with E-state index in [2.05, 4.69) is 37.9 Å². The minimum atomic E-state index is -0.385. The highest BCUT2D eigenvalue weighted by Crippen LogP contribution is 2.67. The van der Waals surface area contributed by atoms with E-state index in [1.807, 2.05) is 18.5 Å². The molecule has 0 saturated heterocycles. The van der Waals surface area contributed by atoms with Gasteiger partial charge in [0, 0.05) is 12.4 Å². The van der Waals surface area contributed by atoms with Crippen LogP contribution in [0.4, 0.5) is 0 Å². The van der Waals surface area contributed by atoms with Gasteiger partial charge in [-0.3, -0.25) is 4.98 Å². The van der Waals surface area contributed by atoms with Crippen LogP contribution in [0.25, 0.3) is 5.57 Å². The van der Waals surface area contributed by atoms with Crippen LogP contribution in [-0.4, -0.2) is 27.4 Å². The van der Waals surface area contributed by atoms with E-state index >= 15 is 0 Å². The van der Waals surface area contributed by atoms with Crippen LogP contribution >= 0.6 is 0 Å². The van der Waals surface area contributed by atoms with Gasteiger partial charge >= 0.3 is 0 Å². The Balaban J connectivity index is 1.55. The third-order valence-electron chi connectivity index (χ3n) is 8.97. The molecule has 4 aliphatic carbocycles. The maximum atomic E-state index is 11.3. The van der Waals surface area contributed by atoms with E-state index in [4.69, 9.17) is 0 Å². The van der Waals surface area contributed by atoms with Gasteiger partial charge in [0.25, 0.3) is 0 Å². The van der Waals surface area contributed by atoms with Crippen molar-refractivity contribution in [3.05, 3.63) is 47.3 Å². The summed E-state index contributed by atoms with van der Waals surface area (Å²) in [5, 5.41) is 21.5. The van der Waals surface area contributed by atoms with Crippen LogP contribution in [0.5, 0.6) is 0 Å². The van der Waals surface area contributed by atoms with E-state index in [-0.39, 0.29) is 23.0 Å². The lowest BCUT2D eigenvalue weighted by Gasteiger charge is -2.58. The molecule has 0 radical (unpaired) electrons. The fourth-order valence-corrected chi connectivity index (χ4v) is 7.65. The minimum absolute atomic E-state index is 0.116. The van der Waals surface area contributed by atoms with Gasteiger partial charge in [-0.25, -0.2) is 0 Å². The number of nitrogens with zero attached hydrogens (tertiary/aromatic N) is 1. The van der Waals surface area contributed by atoms with Gasteiger partial charge in [0.1, 0.15) is 0 Å². The second kappa shape index (κ2) is 6.27. The lowest BCUT2D eigenvalue weighted by Crippen LogP contribution is -2.54. The Morgan fingerprint density at radius 1 is 1.04 bits per heavy atom. The summed E-state index contributed by atoms with van der Waals surface area (Å²) < 4.78 is 0. The van der Waals surface area contributed by atoms with Crippen molar-refractivity contribution in [2.24, 2.45) is 28.6 Å². The summed E-state index contributed by atoms with van der Waals surface area (Å²) in [4.78, 5) is 4.38. The highest BCUT2D eigenvalue weighted by molar-refractivity contribution is 5.75. The van der Waals surface area contributed by atoms with Crippen molar-refractivity contribution in [2.75, 3.05) is 0 Å². The number of aromatic nitrogens is 1. The van der Waals surface area contributed by atoms with Crippen molar-refractivity contribution in [3.63, 3.8) is 0 Å². The van der Waals surface area contributed by atoms with Crippen molar-refractivity contribution >= 4 is 5.57 Å². The summed E-state index contributed by atoms with van der Waals surface area (Å²) in [7, 11) is 0. The van der Waals surface area contributed by atoms with Gasteiger partial charge in [0.15, 0.2) is 0 Å². The smallest absolute Gasteiger partial charge is 0.0757 e. The standard InChI is InChI=1S/C25H33NO2/c1-15-11-20-22-19(24(2)8-6-18(27)12-17(24)13-21(22)28)7-9-25(20,3)23(15)16-5-4-10-26-14-16/h4-5,10,13-14,18-22,27-28H,6-9,11-12H2,1-3H3/t18-,19-,20-,21-,22+,24-,25-/m0/s1. The zero-order valence-corrected chi connectivity index (χ0v) is 17.4. The third kappa shape index (κ3) is 2.45. The maximum absolute atomic E-state index is 11.3. The van der Waals surface area contributed by atoms with E-state index < -0.39 is 0 Å². The lowest BCUT2D eigenvalue weighted by molar-refractivity contribution is -0.0733. The molecule has 5 rings (SSSR count). The summed E-state index contributed by atoms with van der Waals surface area (Å²) in [5.41, 5.74) is 5.80. The van der Waals surface area contributed by atoms with Gasteiger partial charge < -0.3 is 10.2 Å². The lowest BCUT2D eigenvalue weighted by atomic mass is 9.46. The number of rotatable bonds is 1. The number of hydrogen-bond acceptors (Lipinski definition) is 3. The number of aliphatic hydroxyl groups is 2. The van der Waals surface area contributed by atoms with Gasteiger partial charge in [-0.2, -0.15) is 0 Å². The molecular formula is C25H33NO2. The molecule has 1 aromatic rings. The van der Waals surface area contributed by atoms with Gasteiger partial charge in [0.2, 0.25) is 0 Å². The average Bonchev–Trinajstić information content (AvgIpc) is 2.94. The van der Waals surface area contributed by atoms with Crippen LogP contribution in [0.1, 0.15) is 64.9 Å². The molecule has 3 nitrogen and oxygen atoms in total. The number of pyridine rings is 1. The van der Waals surface area contributed by atoms with Crippen LogP contribution < -0.4 is 0 Å². The molecular weight excluding hydrogens is 346 g/mol. The Bertz CT molecular complexity index is 843. The molecule has 0 spiro atoms. The summed E-state index contributed by atoms with van der Waals surface area (Å²) in [6.07, 6.45) is 11.5. The van der Waals surface area contributed by atoms with Crippen LogP contribution in [0.15, 0.2) is 41.7 Å². The van der Waals surface area contributed by atoms with Crippen molar-refractivity contribution in [3.8, 4) is 0 Å². The van der Waals surface area contributed by atoms with E-state index in [0.29, 0.717) is 17.8 Å². The first kappa shape index (κ1) is 18.6. The normalized spacial score (nSPS) is 45.2. The van der Waals surface area contributed by atoms with Gasteiger partial charge in [-0.15, -0.1) is 0 Å². The molecule has 0 aliphatic heterocycles. The zero-order valence-electron chi connectivity index (χ0n) is 17.4. The van der Waals surface area contributed by atoms with Crippen LogP contribution in [0, 0.1) is 28.6 Å². The zero-order chi connectivity index (χ0) is 19.7. The molecule has 1 heterocycles. The van der Waals surface area contributed by atoms with Gasteiger partial charge in [-0.05, 0) is 91.2 Å². The first-order chi connectivity index (χ1) is 13.3. The molecule has 7 atom stereocenters. The first-order valence-electron chi connectivity index (χ1n) is 11.0. The summed E-state index contributed by atoms with van der Waals surface area (Å²) in [6, 6.07) is 4.24. The van der Waals surface area contributed by atoms with Crippen LogP contribution in [0.3, 0.4) is 0 Å². The largest absolute Gasteiger partial charge is 0.393 e. The maximum Gasteiger partial charge on any atom is 0.0757 e.